The first-order valence-corrected chi connectivity index (χ1v) is 8.79. The molecule has 0 saturated carbocycles. The molecule has 29 heavy (non-hydrogen) atoms. The van der Waals surface area contributed by atoms with Crippen molar-refractivity contribution in [1.82, 2.24) is 19.5 Å². The van der Waals surface area contributed by atoms with E-state index in [1.165, 1.54) is 28.8 Å². The second-order valence-corrected chi connectivity index (χ2v) is 6.16. The highest BCUT2D eigenvalue weighted by Gasteiger charge is 2.20. The molecule has 8 nitrogen and oxygen atoms in total. The van der Waals surface area contributed by atoms with Crippen LogP contribution in [0.5, 0.6) is 5.75 Å². The van der Waals surface area contributed by atoms with Gasteiger partial charge in [0.2, 0.25) is 0 Å². The maximum absolute atomic E-state index is 13.3. The van der Waals surface area contributed by atoms with E-state index in [0.717, 1.165) is 0 Å². The van der Waals surface area contributed by atoms with E-state index < -0.39 is 17.4 Å². The predicted octanol–water partition coefficient (Wildman–Crippen LogP) is 2.41. The molecule has 2 aromatic heterocycles. The molecule has 0 aliphatic heterocycles. The Morgan fingerprint density at radius 1 is 1.14 bits per heavy atom. The second kappa shape index (κ2) is 7.19. The number of nitrogens with one attached hydrogen (secondary N) is 1. The monoisotopic (exact) mass is 393 g/mol. The number of primary amides is 1. The molecule has 2 heterocycles. The summed E-state index contributed by atoms with van der Waals surface area (Å²) in [5, 5.41) is 0. The van der Waals surface area contributed by atoms with Crippen LogP contribution >= 0.6 is 0 Å². The van der Waals surface area contributed by atoms with Crippen molar-refractivity contribution >= 4 is 17.1 Å². The summed E-state index contributed by atoms with van der Waals surface area (Å²) in [6, 6.07) is 12.3. The largest absolute Gasteiger partial charge is 0.494 e. The van der Waals surface area contributed by atoms with Crippen molar-refractivity contribution < 1.29 is 13.9 Å². The fraction of sp³-hybridized carbons (Fsp3) is 0.100. The third-order valence-corrected chi connectivity index (χ3v) is 4.28. The zero-order valence-electron chi connectivity index (χ0n) is 15.3. The molecule has 9 heteroatoms. The molecule has 2 aromatic carbocycles. The third kappa shape index (κ3) is 3.33. The maximum atomic E-state index is 13.3. The van der Waals surface area contributed by atoms with Gasteiger partial charge in [-0.1, -0.05) is 0 Å². The van der Waals surface area contributed by atoms with Crippen LogP contribution in [0.1, 0.15) is 17.4 Å². The smallest absolute Gasteiger partial charge is 0.332 e. The van der Waals surface area contributed by atoms with E-state index in [1.807, 2.05) is 6.92 Å². The van der Waals surface area contributed by atoms with E-state index in [4.69, 9.17) is 10.5 Å². The van der Waals surface area contributed by atoms with Crippen molar-refractivity contribution in [2.24, 2.45) is 5.73 Å². The molecule has 0 aliphatic carbocycles. The quantitative estimate of drug-likeness (QED) is 0.540. The molecule has 1 amide bonds. The van der Waals surface area contributed by atoms with Gasteiger partial charge in [0.15, 0.2) is 17.2 Å². The number of halogens is 1. The van der Waals surface area contributed by atoms with Gasteiger partial charge in [-0.25, -0.2) is 23.7 Å². The van der Waals surface area contributed by atoms with Gasteiger partial charge in [-0.15, -0.1) is 0 Å². The van der Waals surface area contributed by atoms with Crippen LogP contribution in [0.2, 0.25) is 0 Å². The lowest BCUT2D eigenvalue weighted by Gasteiger charge is -2.08. The van der Waals surface area contributed by atoms with Crippen LogP contribution in [0.3, 0.4) is 0 Å². The zero-order valence-corrected chi connectivity index (χ0v) is 15.3. The zero-order chi connectivity index (χ0) is 20.5. The average Bonchev–Trinajstić information content (AvgIpc) is 3.04. The number of H-pyrrole nitrogens is 1. The van der Waals surface area contributed by atoms with Gasteiger partial charge in [0.1, 0.15) is 17.1 Å². The summed E-state index contributed by atoms with van der Waals surface area (Å²) >= 11 is 0. The molecule has 146 valence electrons. The van der Waals surface area contributed by atoms with Crippen LogP contribution in [0.25, 0.3) is 28.2 Å². The van der Waals surface area contributed by atoms with E-state index in [9.17, 15) is 14.0 Å². The maximum Gasteiger partial charge on any atom is 0.332 e. The number of carbonyl (C=O) groups excluding carboxylic acids is 1. The van der Waals surface area contributed by atoms with E-state index in [-0.39, 0.29) is 22.7 Å². The minimum absolute atomic E-state index is 0.127. The number of hydrogen-bond acceptors (Lipinski definition) is 5. The molecule has 3 N–H and O–H groups in total. The van der Waals surface area contributed by atoms with Crippen molar-refractivity contribution in [3.8, 4) is 22.8 Å². The number of hydrogen-bond donors (Lipinski definition) is 2. The van der Waals surface area contributed by atoms with Gasteiger partial charge in [0.25, 0.3) is 5.91 Å². The second-order valence-electron chi connectivity index (χ2n) is 6.16. The normalized spacial score (nSPS) is 11.0. The standard InChI is InChI=1S/C20H16FN5O3/c1-2-29-14-9-7-13(8-10-14)26-19-16(24-20(26)28)15(17(22)27)23-18(25-19)11-3-5-12(21)6-4-11/h3-10H,2H2,1H3,(H2,22,27)(H,24,28). The van der Waals surface area contributed by atoms with Crippen molar-refractivity contribution in [1.29, 1.82) is 0 Å². The molecule has 4 rings (SSSR count). The number of amides is 1. The first-order chi connectivity index (χ1) is 14.0. The SMILES string of the molecule is CCOc1ccc(-n2c(=O)[nH]c3c(C(N)=O)nc(-c4ccc(F)cc4)nc32)cc1. The summed E-state index contributed by atoms with van der Waals surface area (Å²) in [7, 11) is 0. The molecule has 0 atom stereocenters. The van der Waals surface area contributed by atoms with Gasteiger partial charge >= 0.3 is 5.69 Å². The molecule has 0 radical (unpaired) electrons. The lowest BCUT2D eigenvalue weighted by molar-refractivity contribution is 0.0997. The molecular formula is C20H16FN5O3. The Kier molecular flexibility index (Phi) is 4.55. The highest BCUT2D eigenvalue weighted by Crippen LogP contribution is 2.23. The number of imidazole rings is 1. The Balaban J connectivity index is 1.95. The number of nitrogens with zero attached hydrogens (tertiary/aromatic N) is 3. The molecule has 0 unspecified atom stereocenters. The van der Waals surface area contributed by atoms with Gasteiger partial charge < -0.3 is 15.5 Å². The van der Waals surface area contributed by atoms with Crippen LogP contribution in [0, 0.1) is 5.82 Å². The van der Waals surface area contributed by atoms with E-state index in [1.54, 1.807) is 24.3 Å². The number of rotatable bonds is 5. The Hall–Kier alpha value is -4.01. The number of aromatic amines is 1. The van der Waals surface area contributed by atoms with Crippen molar-refractivity contribution in [3.63, 3.8) is 0 Å². The number of carbonyl (C=O) groups is 1. The Morgan fingerprint density at radius 3 is 2.45 bits per heavy atom. The van der Waals surface area contributed by atoms with Gasteiger partial charge in [0.05, 0.1) is 12.3 Å². The van der Waals surface area contributed by atoms with E-state index in [2.05, 4.69) is 15.0 Å². The summed E-state index contributed by atoms with van der Waals surface area (Å²) < 4.78 is 20.0. The van der Waals surface area contributed by atoms with Gasteiger partial charge in [-0.2, -0.15) is 0 Å². The topological polar surface area (TPSA) is 116 Å². The number of nitrogens with two attached hydrogens (primary N) is 1. The third-order valence-electron chi connectivity index (χ3n) is 4.28. The fourth-order valence-corrected chi connectivity index (χ4v) is 2.99. The summed E-state index contributed by atoms with van der Waals surface area (Å²) in [6.07, 6.45) is 0. The summed E-state index contributed by atoms with van der Waals surface area (Å²) in [4.78, 5) is 35.8. The number of aromatic nitrogens is 4. The predicted molar refractivity (Wildman–Crippen MR) is 105 cm³/mol. The minimum Gasteiger partial charge on any atom is -0.494 e. The van der Waals surface area contributed by atoms with Gasteiger partial charge in [0, 0.05) is 5.56 Å². The average molecular weight is 393 g/mol. The summed E-state index contributed by atoms with van der Waals surface area (Å²) in [6.45, 7) is 2.39. The highest BCUT2D eigenvalue weighted by atomic mass is 19.1. The van der Waals surface area contributed by atoms with Crippen LogP contribution in [0.15, 0.2) is 53.3 Å². The lowest BCUT2D eigenvalue weighted by atomic mass is 10.2. The summed E-state index contributed by atoms with van der Waals surface area (Å²) in [5.41, 5.74) is 6.14. The number of benzene rings is 2. The van der Waals surface area contributed by atoms with Crippen LogP contribution < -0.4 is 16.2 Å². The Labute approximate surface area is 163 Å². The van der Waals surface area contributed by atoms with Crippen molar-refractivity contribution in [2.45, 2.75) is 6.92 Å². The molecule has 0 bridgehead atoms. The van der Waals surface area contributed by atoms with Crippen LogP contribution in [0.4, 0.5) is 4.39 Å². The molecule has 0 saturated heterocycles. The Morgan fingerprint density at radius 2 is 1.83 bits per heavy atom. The molecule has 0 spiro atoms. The van der Waals surface area contributed by atoms with E-state index in [0.29, 0.717) is 23.6 Å². The number of ether oxygens (including phenoxy) is 1. The van der Waals surface area contributed by atoms with Crippen LogP contribution in [-0.2, 0) is 0 Å². The van der Waals surface area contributed by atoms with Crippen molar-refractivity contribution in [2.75, 3.05) is 6.61 Å². The molecule has 0 fully saturated rings. The minimum atomic E-state index is -0.819. The molecular weight excluding hydrogens is 377 g/mol. The molecule has 4 aromatic rings. The van der Waals surface area contributed by atoms with Gasteiger partial charge in [-0.3, -0.25) is 4.79 Å². The Bertz CT molecular complexity index is 1260. The van der Waals surface area contributed by atoms with Crippen LogP contribution in [-0.4, -0.2) is 32.0 Å². The lowest BCUT2D eigenvalue weighted by Crippen LogP contribution is -2.15. The summed E-state index contributed by atoms with van der Waals surface area (Å²) in [5.74, 6) is -0.438. The van der Waals surface area contributed by atoms with Crippen molar-refractivity contribution in [3.05, 3.63) is 70.5 Å². The fourth-order valence-electron chi connectivity index (χ4n) is 2.99. The molecule has 0 aliphatic rings. The van der Waals surface area contributed by atoms with E-state index >= 15 is 0 Å². The first kappa shape index (κ1) is 18.4. The van der Waals surface area contributed by atoms with Gasteiger partial charge in [-0.05, 0) is 55.5 Å². The number of fused-ring (bicyclic) bond motifs is 1. The highest BCUT2D eigenvalue weighted by molar-refractivity contribution is 6.02. The first-order valence-electron chi connectivity index (χ1n) is 8.79.